The van der Waals surface area contributed by atoms with Crippen molar-refractivity contribution in [2.45, 2.75) is 6.92 Å². The summed E-state index contributed by atoms with van der Waals surface area (Å²) >= 11 is 0. The monoisotopic (exact) mass is 177 g/mol. The summed E-state index contributed by atoms with van der Waals surface area (Å²) in [6.45, 7) is 1.82. The highest BCUT2D eigenvalue weighted by atomic mass is 16.5. The van der Waals surface area contributed by atoms with Crippen molar-refractivity contribution in [3.05, 3.63) is 23.7 Å². The first-order valence-electron chi connectivity index (χ1n) is 3.85. The second kappa shape index (κ2) is 3.76. The summed E-state index contributed by atoms with van der Waals surface area (Å²) in [6, 6.07) is 3.78. The van der Waals surface area contributed by atoms with Crippen molar-refractivity contribution in [1.29, 1.82) is 5.26 Å². The maximum atomic E-state index is 8.80. The van der Waals surface area contributed by atoms with E-state index in [-0.39, 0.29) is 0 Å². The van der Waals surface area contributed by atoms with Crippen LogP contribution >= 0.6 is 0 Å². The minimum atomic E-state index is 0.477. The molecule has 13 heavy (non-hydrogen) atoms. The number of nitrogens with zero attached hydrogens (tertiary/aromatic N) is 3. The first-order chi connectivity index (χ1) is 6.13. The van der Waals surface area contributed by atoms with Crippen molar-refractivity contribution in [2.24, 2.45) is 0 Å². The fourth-order valence-electron chi connectivity index (χ4n) is 0.896. The van der Waals surface area contributed by atoms with Gasteiger partial charge in [-0.2, -0.15) is 5.26 Å². The van der Waals surface area contributed by atoms with Gasteiger partial charge < -0.3 is 9.42 Å². The van der Waals surface area contributed by atoms with Crippen molar-refractivity contribution in [3.8, 4) is 6.07 Å². The van der Waals surface area contributed by atoms with E-state index in [0.29, 0.717) is 11.3 Å². The molecule has 0 aliphatic heterocycles. The van der Waals surface area contributed by atoms with E-state index >= 15 is 0 Å². The van der Waals surface area contributed by atoms with Gasteiger partial charge in [0.05, 0.1) is 5.69 Å². The topological polar surface area (TPSA) is 53.1 Å². The fraction of sp³-hybridized carbons (Fsp3) is 0.333. The molecule has 68 valence electrons. The highest BCUT2D eigenvalue weighted by molar-refractivity contribution is 5.73. The van der Waals surface area contributed by atoms with Crippen molar-refractivity contribution >= 4 is 5.57 Å². The lowest BCUT2D eigenvalue weighted by atomic mass is 10.2. The average molecular weight is 177 g/mol. The van der Waals surface area contributed by atoms with E-state index in [9.17, 15) is 0 Å². The number of hydrogen-bond acceptors (Lipinski definition) is 4. The molecule has 0 aliphatic rings. The molecular formula is C9H11N3O. The molecule has 0 N–H and O–H groups in total. The van der Waals surface area contributed by atoms with E-state index in [2.05, 4.69) is 5.16 Å². The fourth-order valence-corrected chi connectivity index (χ4v) is 0.896. The molecule has 0 amide bonds. The summed E-state index contributed by atoms with van der Waals surface area (Å²) in [5.74, 6) is 0.508. The number of hydrogen-bond donors (Lipinski definition) is 0. The summed E-state index contributed by atoms with van der Waals surface area (Å²) in [5.41, 5.74) is 1.25. The number of allylic oxidation sites excluding steroid dienone is 1. The van der Waals surface area contributed by atoms with E-state index in [1.54, 1.807) is 17.2 Å². The van der Waals surface area contributed by atoms with Gasteiger partial charge in [0.1, 0.15) is 11.6 Å². The van der Waals surface area contributed by atoms with Crippen LogP contribution in [0.5, 0.6) is 0 Å². The van der Waals surface area contributed by atoms with Gasteiger partial charge in [0.15, 0.2) is 5.76 Å². The van der Waals surface area contributed by atoms with Gasteiger partial charge in [-0.1, -0.05) is 5.16 Å². The van der Waals surface area contributed by atoms with Gasteiger partial charge in [0.25, 0.3) is 0 Å². The Morgan fingerprint density at radius 3 is 2.77 bits per heavy atom. The third-order valence-electron chi connectivity index (χ3n) is 1.40. The number of aromatic nitrogens is 1. The predicted molar refractivity (Wildman–Crippen MR) is 48.5 cm³/mol. The van der Waals surface area contributed by atoms with Crippen LogP contribution in [0.4, 0.5) is 0 Å². The summed E-state index contributed by atoms with van der Waals surface area (Å²) in [5, 5.41) is 12.5. The van der Waals surface area contributed by atoms with Crippen LogP contribution in [0.25, 0.3) is 5.57 Å². The van der Waals surface area contributed by atoms with E-state index in [1.807, 2.05) is 27.1 Å². The minimum Gasteiger partial charge on any atom is -0.382 e. The molecule has 1 aromatic heterocycles. The summed E-state index contributed by atoms with van der Waals surface area (Å²) in [7, 11) is 3.70. The maximum Gasteiger partial charge on any atom is 0.179 e. The molecule has 0 unspecified atom stereocenters. The third-order valence-corrected chi connectivity index (χ3v) is 1.40. The van der Waals surface area contributed by atoms with E-state index in [1.165, 1.54) is 0 Å². The molecule has 0 saturated heterocycles. The molecular weight excluding hydrogens is 166 g/mol. The molecule has 1 heterocycles. The van der Waals surface area contributed by atoms with Crippen LogP contribution in [0.15, 0.2) is 16.8 Å². The Kier molecular flexibility index (Phi) is 2.70. The van der Waals surface area contributed by atoms with Crippen molar-refractivity contribution in [2.75, 3.05) is 14.1 Å². The van der Waals surface area contributed by atoms with Gasteiger partial charge in [-0.15, -0.1) is 0 Å². The first-order valence-corrected chi connectivity index (χ1v) is 3.85. The van der Waals surface area contributed by atoms with E-state index < -0.39 is 0 Å². The zero-order chi connectivity index (χ0) is 9.84. The Hall–Kier alpha value is -1.76. The Morgan fingerprint density at radius 1 is 1.69 bits per heavy atom. The first kappa shape index (κ1) is 9.33. The summed E-state index contributed by atoms with van der Waals surface area (Å²) < 4.78 is 4.95. The Labute approximate surface area is 77.0 Å². The molecule has 0 fully saturated rings. The van der Waals surface area contributed by atoms with Gasteiger partial charge in [-0.3, -0.25) is 0 Å². The molecule has 0 radical (unpaired) electrons. The third kappa shape index (κ3) is 2.34. The lowest BCUT2D eigenvalue weighted by Gasteiger charge is -2.03. The molecule has 4 nitrogen and oxygen atoms in total. The normalized spacial score (nSPS) is 11.1. The predicted octanol–water partition coefficient (Wildman–Crippen LogP) is 1.41. The van der Waals surface area contributed by atoms with Crippen LogP contribution in [-0.2, 0) is 0 Å². The maximum absolute atomic E-state index is 8.80. The highest BCUT2D eigenvalue weighted by Crippen LogP contribution is 2.14. The minimum absolute atomic E-state index is 0.477. The molecule has 0 aliphatic carbocycles. The Balaban J connectivity index is 2.99. The summed E-state index contributed by atoms with van der Waals surface area (Å²) in [6.07, 6.45) is 1.69. The van der Waals surface area contributed by atoms with Gasteiger partial charge >= 0.3 is 0 Å². The molecule has 0 saturated carbocycles. The second-order valence-electron chi connectivity index (χ2n) is 2.95. The number of nitriles is 1. The zero-order valence-corrected chi connectivity index (χ0v) is 7.90. The smallest absolute Gasteiger partial charge is 0.179 e. The van der Waals surface area contributed by atoms with Crippen LogP contribution in [0, 0.1) is 18.3 Å². The van der Waals surface area contributed by atoms with E-state index in [4.69, 9.17) is 9.78 Å². The van der Waals surface area contributed by atoms with Crippen LogP contribution in [0.1, 0.15) is 11.5 Å². The van der Waals surface area contributed by atoms with Crippen molar-refractivity contribution in [1.82, 2.24) is 10.1 Å². The number of aryl methyl sites for hydroxylation is 1. The van der Waals surface area contributed by atoms with Gasteiger partial charge in [-0.05, 0) is 6.92 Å². The molecule has 1 rings (SSSR count). The summed E-state index contributed by atoms with van der Waals surface area (Å²) in [4.78, 5) is 1.79. The lowest BCUT2D eigenvalue weighted by Crippen LogP contribution is -2.01. The van der Waals surface area contributed by atoms with Gasteiger partial charge in [0.2, 0.25) is 0 Å². The standard InChI is InChI=1S/C9H11N3O/c1-7-4-9(13-11-7)8(5-10)6-12(2)3/h4,6H,1-3H3. The lowest BCUT2D eigenvalue weighted by molar-refractivity contribution is 0.405. The van der Waals surface area contributed by atoms with E-state index in [0.717, 1.165) is 5.69 Å². The SMILES string of the molecule is Cc1cc(C(C#N)=CN(C)C)on1. The quantitative estimate of drug-likeness (QED) is 0.641. The molecule has 0 atom stereocenters. The van der Waals surface area contributed by atoms with Crippen LogP contribution in [0.2, 0.25) is 0 Å². The Bertz CT molecular complexity index is 357. The largest absolute Gasteiger partial charge is 0.382 e. The highest BCUT2D eigenvalue weighted by Gasteiger charge is 2.06. The van der Waals surface area contributed by atoms with Crippen LogP contribution < -0.4 is 0 Å². The van der Waals surface area contributed by atoms with Crippen LogP contribution in [-0.4, -0.2) is 24.2 Å². The molecule has 0 aromatic carbocycles. The second-order valence-corrected chi connectivity index (χ2v) is 2.95. The molecule has 0 bridgehead atoms. The number of rotatable bonds is 2. The van der Waals surface area contributed by atoms with Gasteiger partial charge in [0, 0.05) is 26.4 Å². The molecule has 4 heteroatoms. The van der Waals surface area contributed by atoms with Crippen LogP contribution in [0.3, 0.4) is 0 Å². The van der Waals surface area contributed by atoms with Gasteiger partial charge in [-0.25, -0.2) is 0 Å². The Morgan fingerprint density at radius 2 is 2.38 bits per heavy atom. The molecule has 1 aromatic rings. The van der Waals surface area contributed by atoms with Crippen molar-refractivity contribution in [3.63, 3.8) is 0 Å². The van der Waals surface area contributed by atoms with Crippen molar-refractivity contribution < 1.29 is 4.52 Å². The zero-order valence-electron chi connectivity index (χ0n) is 7.90. The average Bonchev–Trinajstić information content (AvgIpc) is 2.47. The molecule has 0 spiro atoms.